The van der Waals surface area contributed by atoms with Crippen LogP contribution in [0.25, 0.3) is 0 Å². The molecule has 0 unspecified atom stereocenters. The molecule has 1 aromatic heterocycles. The quantitative estimate of drug-likeness (QED) is 0.117. The molecular weight excluding hydrogens is 386 g/mol. The van der Waals surface area contributed by atoms with Gasteiger partial charge < -0.3 is 0 Å². The second-order valence-electron chi connectivity index (χ2n) is 10.3. The highest BCUT2D eigenvalue weighted by atomic mass is 14.9. The van der Waals surface area contributed by atoms with Gasteiger partial charge in [-0.2, -0.15) is 0 Å². The summed E-state index contributed by atoms with van der Waals surface area (Å²) in [6, 6.07) is 2.51. The molecule has 0 saturated carbocycles. The van der Waals surface area contributed by atoms with Crippen molar-refractivity contribution >= 4 is 0 Å². The fraction of sp³-hybridized carbons (Fsp3) is 0.839. The summed E-state index contributed by atoms with van der Waals surface area (Å²) in [4.78, 5) is 0. The smallest absolute Gasteiger partial charge is 0.171 e. The summed E-state index contributed by atoms with van der Waals surface area (Å²) in [6.07, 6.45) is 35.5. The van der Waals surface area contributed by atoms with Crippen molar-refractivity contribution in [3.05, 3.63) is 29.6 Å². The summed E-state index contributed by atoms with van der Waals surface area (Å²) in [6.45, 7) is 8.12. The summed E-state index contributed by atoms with van der Waals surface area (Å²) >= 11 is 0. The van der Waals surface area contributed by atoms with E-state index in [2.05, 4.69) is 43.8 Å². The summed E-state index contributed by atoms with van der Waals surface area (Å²) in [5, 5.41) is 0. The standard InChI is InChI=1S/C31H58N/c1-4-7-10-13-14-15-16-17-18-19-20-23-26-32-28-30(24-21-11-8-5-2)27-31(29-32)25-22-12-9-6-3/h27-29H,4-26H2,1-3H3/q+1. The third kappa shape index (κ3) is 16.7. The maximum atomic E-state index is 2.53. The van der Waals surface area contributed by atoms with Gasteiger partial charge in [0.25, 0.3) is 0 Å². The molecule has 0 bridgehead atoms. The number of aromatic nitrogens is 1. The van der Waals surface area contributed by atoms with Crippen LogP contribution in [0.5, 0.6) is 0 Å². The van der Waals surface area contributed by atoms with E-state index < -0.39 is 0 Å². The summed E-state index contributed by atoms with van der Waals surface area (Å²) in [5.41, 5.74) is 3.15. The van der Waals surface area contributed by atoms with Gasteiger partial charge in [0, 0.05) is 17.5 Å². The van der Waals surface area contributed by atoms with E-state index in [0.717, 1.165) is 0 Å². The molecule has 0 radical (unpaired) electrons. The Balaban J connectivity index is 2.27. The first-order valence-corrected chi connectivity index (χ1v) is 14.8. The van der Waals surface area contributed by atoms with Crippen LogP contribution in [0.15, 0.2) is 18.5 Å². The monoisotopic (exact) mass is 444 g/mol. The Morgan fingerprint density at radius 3 is 1.19 bits per heavy atom. The lowest BCUT2D eigenvalue weighted by atomic mass is 10.0. The molecule has 0 amide bonds. The molecule has 1 heterocycles. The van der Waals surface area contributed by atoms with Gasteiger partial charge in [0.1, 0.15) is 6.54 Å². The molecule has 0 saturated heterocycles. The molecule has 1 rings (SSSR count). The molecule has 1 aromatic rings. The predicted molar refractivity (Wildman–Crippen MR) is 143 cm³/mol. The molecule has 0 aromatic carbocycles. The SMILES string of the molecule is CCCCCCCCCCCCCC[n+]1cc(CCCCCC)cc(CCCCCC)c1. The van der Waals surface area contributed by atoms with Crippen LogP contribution in [-0.2, 0) is 19.4 Å². The third-order valence-corrected chi connectivity index (χ3v) is 6.94. The van der Waals surface area contributed by atoms with Gasteiger partial charge in [-0.05, 0) is 38.2 Å². The van der Waals surface area contributed by atoms with Crippen LogP contribution in [0, 0.1) is 0 Å². The van der Waals surface area contributed by atoms with Gasteiger partial charge in [-0.1, -0.05) is 124 Å². The highest BCUT2D eigenvalue weighted by Crippen LogP contribution is 2.14. The van der Waals surface area contributed by atoms with Crippen molar-refractivity contribution in [2.24, 2.45) is 0 Å². The normalized spacial score (nSPS) is 11.3. The van der Waals surface area contributed by atoms with Crippen LogP contribution in [0.4, 0.5) is 0 Å². The molecule has 1 heteroatoms. The minimum absolute atomic E-state index is 1.21. The zero-order valence-electron chi connectivity index (χ0n) is 22.4. The molecule has 186 valence electrons. The second kappa shape index (κ2) is 22.0. The fourth-order valence-electron chi connectivity index (χ4n) is 4.83. The van der Waals surface area contributed by atoms with Crippen molar-refractivity contribution in [2.75, 3.05) is 0 Å². The zero-order valence-corrected chi connectivity index (χ0v) is 22.4. The van der Waals surface area contributed by atoms with E-state index in [-0.39, 0.29) is 0 Å². The maximum Gasteiger partial charge on any atom is 0.171 e. The molecule has 0 aliphatic heterocycles. The van der Waals surface area contributed by atoms with Gasteiger partial charge in [-0.15, -0.1) is 0 Å². The number of pyridine rings is 1. The Hall–Kier alpha value is -0.850. The molecular formula is C31H58N+. The van der Waals surface area contributed by atoms with Crippen molar-refractivity contribution in [1.82, 2.24) is 0 Å². The van der Waals surface area contributed by atoms with Gasteiger partial charge >= 0.3 is 0 Å². The molecule has 0 atom stereocenters. The Bertz CT molecular complexity index is 491. The number of hydrogen-bond acceptors (Lipinski definition) is 0. The number of nitrogens with zero attached hydrogens (tertiary/aromatic N) is 1. The lowest BCUT2D eigenvalue weighted by Gasteiger charge is -2.07. The van der Waals surface area contributed by atoms with Crippen LogP contribution in [0.3, 0.4) is 0 Å². The van der Waals surface area contributed by atoms with E-state index >= 15 is 0 Å². The van der Waals surface area contributed by atoms with Gasteiger partial charge in [0.2, 0.25) is 0 Å². The average Bonchev–Trinajstić information content (AvgIpc) is 2.80. The van der Waals surface area contributed by atoms with E-state index in [1.165, 1.54) is 148 Å². The van der Waals surface area contributed by atoms with E-state index in [4.69, 9.17) is 0 Å². The number of rotatable bonds is 23. The molecule has 0 N–H and O–H groups in total. The summed E-state index contributed by atoms with van der Waals surface area (Å²) in [5.74, 6) is 0. The van der Waals surface area contributed by atoms with Crippen LogP contribution in [-0.4, -0.2) is 0 Å². The van der Waals surface area contributed by atoms with Gasteiger partial charge in [-0.3, -0.25) is 0 Å². The van der Waals surface area contributed by atoms with Crippen LogP contribution >= 0.6 is 0 Å². The first kappa shape index (κ1) is 29.2. The van der Waals surface area contributed by atoms with E-state index in [0.29, 0.717) is 0 Å². The lowest BCUT2D eigenvalue weighted by molar-refractivity contribution is -0.698. The highest BCUT2D eigenvalue weighted by Gasteiger charge is 2.08. The van der Waals surface area contributed by atoms with Crippen LogP contribution in [0.2, 0.25) is 0 Å². The number of aryl methyl sites for hydroxylation is 3. The van der Waals surface area contributed by atoms with Crippen LogP contribution < -0.4 is 4.57 Å². The minimum Gasteiger partial charge on any atom is -0.205 e. The molecule has 1 nitrogen and oxygen atoms in total. The lowest BCUT2D eigenvalue weighted by Crippen LogP contribution is -2.34. The number of hydrogen-bond donors (Lipinski definition) is 0. The van der Waals surface area contributed by atoms with Crippen molar-refractivity contribution < 1.29 is 4.57 Å². The first-order chi connectivity index (χ1) is 15.8. The Morgan fingerprint density at radius 1 is 0.438 bits per heavy atom. The van der Waals surface area contributed by atoms with Gasteiger partial charge in [-0.25, -0.2) is 4.57 Å². The van der Waals surface area contributed by atoms with Crippen molar-refractivity contribution in [3.63, 3.8) is 0 Å². The van der Waals surface area contributed by atoms with Crippen LogP contribution in [0.1, 0.15) is 160 Å². The Morgan fingerprint density at radius 2 is 0.781 bits per heavy atom. The Labute approximate surface area is 202 Å². The third-order valence-electron chi connectivity index (χ3n) is 6.94. The summed E-state index contributed by atoms with van der Waals surface area (Å²) < 4.78 is 2.53. The van der Waals surface area contributed by atoms with Crippen molar-refractivity contribution in [3.8, 4) is 0 Å². The minimum atomic E-state index is 1.21. The van der Waals surface area contributed by atoms with E-state index in [1.54, 1.807) is 11.1 Å². The highest BCUT2D eigenvalue weighted by molar-refractivity contribution is 5.15. The Kier molecular flexibility index (Phi) is 20.0. The number of unbranched alkanes of at least 4 members (excludes halogenated alkanes) is 17. The largest absolute Gasteiger partial charge is 0.205 e. The van der Waals surface area contributed by atoms with Crippen molar-refractivity contribution in [1.29, 1.82) is 0 Å². The van der Waals surface area contributed by atoms with Gasteiger partial charge in [0.05, 0.1) is 0 Å². The maximum absolute atomic E-state index is 2.53. The molecule has 32 heavy (non-hydrogen) atoms. The molecule has 0 spiro atoms. The zero-order chi connectivity index (χ0) is 23.1. The van der Waals surface area contributed by atoms with E-state index in [1.807, 2.05) is 0 Å². The average molecular weight is 445 g/mol. The van der Waals surface area contributed by atoms with E-state index in [9.17, 15) is 0 Å². The van der Waals surface area contributed by atoms with Gasteiger partial charge in [0.15, 0.2) is 12.4 Å². The first-order valence-electron chi connectivity index (χ1n) is 14.8. The van der Waals surface area contributed by atoms with Crippen molar-refractivity contribution in [2.45, 2.75) is 169 Å². The summed E-state index contributed by atoms with van der Waals surface area (Å²) in [7, 11) is 0. The molecule has 0 fully saturated rings. The fourth-order valence-corrected chi connectivity index (χ4v) is 4.83. The topological polar surface area (TPSA) is 3.88 Å². The molecule has 0 aliphatic rings. The second-order valence-corrected chi connectivity index (χ2v) is 10.3. The predicted octanol–water partition coefficient (Wildman–Crippen LogP) is 9.92. The molecule has 0 aliphatic carbocycles.